The van der Waals surface area contributed by atoms with Crippen LogP contribution in [0, 0.1) is 13.8 Å². The molecule has 0 saturated carbocycles. The van der Waals surface area contributed by atoms with Gasteiger partial charge in [-0.25, -0.2) is 14.8 Å². The Hall–Kier alpha value is -3.33. The second-order valence-electron chi connectivity index (χ2n) is 6.16. The molecule has 0 spiro atoms. The number of hydrogen-bond acceptors (Lipinski definition) is 7. The standard InChI is InChI=1S/C19H18N4O4S/c1-9-10(2)22-15-8-12(4-5-14(15)21-9)19(26)27-11(3)17(25)23-18-13(16(20)24)6-7-28-18/h4-8,11H,1-3H3,(H2,20,24)(H,23,25). The molecule has 3 aromatic rings. The molecule has 1 atom stereocenters. The summed E-state index contributed by atoms with van der Waals surface area (Å²) in [6, 6.07) is 6.34. The third-order valence-corrected chi connectivity index (χ3v) is 4.96. The molecule has 28 heavy (non-hydrogen) atoms. The van der Waals surface area contributed by atoms with Gasteiger partial charge in [-0.2, -0.15) is 0 Å². The lowest BCUT2D eigenvalue weighted by atomic mass is 10.2. The predicted octanol–water partition coefficient (Wildman–Crippen LogP) is 2.59. The number of aromatic nitrogens is 2. The molecule has 0 fully saturated rings. The summed E-state index contributed by atoms with van der Waals surface area (Å²) in [5.74, 6) is -1.87. The maximum Gasteiger partial charge on any atom is 0.338 e. The van der Waals surface area contributed by atoms with Crippen LogP contribution in [0.3, 0.4) is 0 Å². The van der Waals surface area contributed by atoms with Gasteiger partial charge in [-0.05, 0) is 50.4 Å². The van der Waals surface area contributed by atoms with Gasteiger partial charge in [-0.15, -0.1) is 11.3 Å². The van der Waals surface area contributed by atoms with E-state index in [1.54, 1.807) is 23.6 Å². The fourth-order valence-electron chi connectivity index (χ4n) is 2.45. The molecule has 8 nitrogen and oxygen atoms in total. The van der Waals surface area contributed by atoms with Gasteiger partial charge in [-0.1, -0.05) is 0 Å². The molecule has 0 aliphatic carbocycles. The van der Waals surface area contributed by atoms with E-state index in [9.17, 15) is 14.4 Å². The summed E-state index contributed by atoms with van der Waals surface area (Å²) in [4.78, 5) is 44.9. The van der Waals surface area contributed by atoms with Crippen molar-refractivity contribution in [2.24, 2.45) is 5.73 Å². The Kier molecular flexibility index (Phi) is 5.36. The number of nitrogens with one attached hydrogen (secondary N) is 1. The van der Waals surface area contributed by atoms with E-state index in [0.717, 1.165) is 22.7 Å². The van der Waals surface area contributed by atoms with Crippen LogP contribution >= 0.6 is 11.3 Å². The largest absolute Gasteiger partial charge is 0.449 e. The molecule has 1 aromatic carbocycles. The SMILES string of the molecule is Cc1nc2ccc(C(=O)OC(C)C(=O)Nc3sccc3C(N)=O)cc2nc1C. The molecule has 0 saturated heterocycles. The highest BCUT2D eigenvalue weighted by Gasteiger charge is 2.21. The zero-order valence-corrected chi connectivity index (χ0v) is 16.3. The van der Waals surface area contributed by atoms with Crippen LogP contribution in [0.2, 0.25) is 0 Å². The van der Waals surface area contributed by atoms with Crippen molar-refractivity contribution in [3.8, 4) is 0 Å². The van der Waals surface area contributed by atoms with E-state index >= 15 is 0 Å². The molecule has 0 aliphatic heterocycles. The summed E-state index contributed by atoms with van der Waals surface area (Å²) in [5, 5.41) is 4.49. The number of thiophene rings is 1. The number of amides is 2. The molecule has 1 unspecified atom stereocenters. The van der Waals surface area contributed by atoms with Crippen molar-refractivity contribution < 1.29 is 19.1 Å². The van der Waals surface area contributed by atoms with Gasteiger partial charge < -0.3 is 15.8 Å². The van der Waals surface area contributed by atoms with Crippen molar-refractivity contribution in [3.05, 3.63) is 52.2 Å². The van der Waals surface area contributed by atoms with Gasteiger partial charge in [-0.3, -0.25) is 9.59 Å². The molecule has 0 radical (unpaired) electrons. The number of fused-ring (bicyclic) bond motifs is 1. The quantitative estimate of drug-likeness (QED) is 0.637. The van der Waals surface area contributed by atoms with E-state index in [-0.39, 0.29) is 11.1 Å². The zero-order chi connectivity index (χ0) is 20.4. The fraction of sp³-hybridized carbons (Fsp3) is 0.211. The highest BCUT2D eigenvalue weighted by molar-refractivity contribution is 7.14. The molecule has 0 aliphatic rings. The van der Waals surface area contributed by atoms with E-state index in [0.29, 0.717) is 16.0 Å². The molecule has 3 N–H and O–H groups in total. The molecule has 0 bridgehead atoms. The first-order chi connectivity index (χ1) is 13.3. The summed E-state index contributed by atoms with van der Waals surface area (Å²) in [6.45, 7) is 5.14. The van der Waals surface area contributed by atoms with E-state index < -0.39 is 23.9 Å². The Morgan fingerprint density at radius 3 is 2.46 bits per heavy atom. The van der Waals surface area contributed by atoms with E-state index in [4.69, 9.17) is 10.5 Å². The molecule has 9 heteroatoms. The molecule has 3 rings (SSSR count). The van der Waals surface area contributed by atoms with Crippen LogP contribution in [0.15, 0.2) is 29.6 Å². The first-order valence-corrected chi connectivity index (χ1v) is 9.28. The minimum atomic E-state index is -1.07. The lowest BCUT2D eigenvalue weighted by Crippen LogP contribution is -2.30. The summed E-state index contributed by atoms with van der Waals surface area (Å²) in [6.07, 6.45) is -1.07. The third kappa shape index (κ3) is 3.99. The van der Waals surface area contributed by atoms with Crippen LogP contribution in [0.4, 0.5) is 5.00 Å². The average Bonchev–Trinajstić information content (AvgIpc) is 3.10. The summed E-state index contributed by atoms with van der Waals surface area (Å²) in [5.41, 5.74) is 8.54. The molecule has 2 aromatic heterocycles. The van der Waals surface area contributed by atoms with Gasteiger partial charge in [0.2, 0.25) is 0 Å². The topological polar surface area (TPSA) is 124 Å². The fourth-order valence-corrected chi connectivity index (χ4v) is 3.25. The Labute approximate surface area is 164 Å². The van der Waals surface area contributed by atoms with E-state index in [1.165, 1.54) is 13.0 Å². The molecular weight excluding hydrogens is 380 g/mol. The predicted molar refractivity (Wildman–Crippen MR) is 105 cm³/mol. The number of carbonyl (C=O) groups excluding carboxylic acids is 3. The highest BCUT2D eigenvalue weighted by atomic mass is 32.1. The van der Waals surface area contributed by atoms with Crippen LogP contribution in [0.5, 0.6) is 0 Å². The van der Waals surface area contributed by atoms with Gasteiger partial charge in [0.25, 0.3) is 11.8 Å². The van der Waals surface area contributed by atoms with Gasteiger partial charge in [0, 0.05) is 0 Å². The average molecular weight is 398 g/mol. The number of rotatable bonds is 5. The number of hydrogen-bond donors (Lipinski definition) is 2. The van der Waals surface area contributed by atoms with Gasteiger partial charge in [0.1, 0.15) is 5.00 Å². The summed E-state index contributed by atoms with van der Waals surface area (Å²) < 4.78 is 5.24. The number of benzene rings is 1. The minimum Gasteiger partial charge on any atom is -0.449 e. The van der Waals surface area contributed by atoms with E-state index in [2.05, 4.69) is 15.3 Å². The van der Waals surface area contributed by atoms with Crippen molar-refractivity contribution in [1.82, 2.24) is 9.97 Å². The monoisotopic (exact) mass is 398 g/mol. The second kappa shape index (κ2) is 7.73. The molecular formula is C19H18N4O4S. The van der Waals surface area contributed by atoms with Gasteiger partial charge >= 0.3 is 5.97 Å². The minimum absolute atomic E-state index is 0.204. The maximum atomic E-state index is 12.4. The number of aryl methyl sites for hydroxylation is 2. The summed E-state index contributed by atoms with van der Waals surface area (Å²) in [7, 11) is 0. The van der Waals surface area contributed by atoms with Crippen molar-refractivity contribution in [2.75, 3.05) is 5.32 Å². The first kappa shape index (κ1) is 19.4. The van der Waals surface area contributed by atoms with Crippen LogP contribution < -0.4 is 11.1 Å². The Morgan fingerprint density at radius 2 is 1.79 bits per heavy atom. The van der Waals surface area contributed by atoms with Gasteiger partial charge in [0.05, 0.1) is 33.5 Å². The number of nitrogens with two attached hydrogens (primary N) is 1. The Morgan fingerprint density at radius 1 is 1.11 bits per heavy atom. The van der Waals surface area contributed by atoms with Crippen LogP contribution in [0.25, 0.3) is 11.0 Å². The first-order valence-electron chi connectivity index (χ1n) is 8.40. The Balaban J connectivity index is 1.72. The van der Waals surface area contributed by atoms with Crippen LogP contribution in [-0.2, 0) is 9.53 Å². The van der Waals surface area contributed by atoms with Crippen molar-refractivity contribution in [1.29, 1.82) is 0 Å². The number of carbonyl (C=O) groups is 3. The number of ether oxygens (including phenoxy) is 1. The van der Waals surface area contributed by atoms with E-state index in [1.807, 2.05) is 13.8 Å². The summed E-state index contributed by atoms with van der Waals surface area (Å²) >= 11 is 1.15. The van der Waals surface area contributed by atoms with Crippen molar-refractivity contribution in [2.45, 2.75) is 26.9 Å². The smallest absolute Gasteiger partial charge is 0.338 e. The Bertz CT molecular complexity index is 1090. The lowest BCUT2D eigenvalue weighted by Gasteiger charge is -2.13. The number of esters is 1. The number of primary amides is 1. The molecule has 2 heterocycles. The lowest BCUT2D eigenvalue weighted by molar-refractivity contribution is -0.123. The second-order valence-corrected chi connectivity index (χ2v) is 7.08. The zero-order valence-electron chi connectivity index (χ0n) is 15.5. The van der Waals surface area contributed by atoms with Crippen LogP contribution in [-0.4, -0.2) is 33.9 Å². The van der Waals surface area contributed by atoms with Crippen LogP contribution in [0.1, 0.15) is 39.0 Å². The number of nitrogens with zero attached hydrogens (tertiary/aromatic N) is 2. The third-order valence-electron chi connectivity index (χ3n) is 4.13. The normalized spacial score (nSPS) is 11.8. The molecule has 144 valence electrons. The number of anilines is 1. The van der Waals surface area contributed by atoms with Crippen molar-refractivity contribution >= 4 is 45.2 Å². The van der Waals surface area contributed by atoms with Crippen molar-refractivity contribution in [3.63, 3.8) is 0 Å². The maximum absolute atomic E-state index is 12.4. The molecule has 2 amide bonds. The highest BCUT2D eigenvalue weighted by Crippen LogP contribution is 2.23. The van der Waals surface area contributed by atoms with Gasteiger partial charge in [0.15, 0.2) is 6.10 Å².